The van der Waals surface area contributed by atoms with Crippen molar-refractivity contribution in [2.75, 3.05) is 14.1 Å². The molecule has 0 saturated carbocycles. The first-order valence-electron chi connectivity index (χ1n) is 5.14. The predicted octanol–water partition coefficient (Wildman–Crippen LogP) is 1.72. The van der Waals surface area contributed by atoms with Crippen molar-refractivity contribution in [1.82, 2.24) is 9.88 Å². The molecule has 1 amide bonds. The van der Waals surface area contributed by atoms with Gasteiger partial charge in [0.15, 0.2) is 0 Å². The standard InChI is InChI=1S/C12H10F2N2O2/c1-16(2)12(18)11(17)8-5-15-10-7(8)3-6(13)4-9(10)14/h3-5,15H,1-2H3. The number of aromatic amines is 1. The van der Waals surface area contributed by atoms with Crippen molar-refractivity contribution < 1.29 is 18.4 Å². The maximum absolute atomic E-state index is 13.4. The Kier molecular flexibility index (Phi) is 2.86. The molecule has 0 fully saturated rings. The van der Waals surface area contributed by atoms with Gasteiger partial charge in [-0.2, -0.15) is 0 Å². The number of aromatic nitrogens is 1. The Morgan fingerprint density at radius 3 is 2.50 bits per heavy atom. The lowest BCUT2D eigenvalue weighted by Crippen LogP contribution is -2.29. The van der Waals surface area contributed by atoms with Crippen LogP contribution in [0.25, 0.3) is 10.9 Å². The Labute approximate surface area is 101 Å². The minimum absolute atomic E-state index is 0.00584. The number of H-pyrrole nitrogens is 1. The van der Waals surface area contributed by atoms with Gasteiger partial charge in [-0.05, 0) is 6.07 Å². The van der Waals surface area contributed by atoms with Crippen molar-refractivity contribution in [3.63, 3.8) is 0 Å². The highest BCUT2D eigenvalue weighted by Gasteiger charge is 2.22. The van der Waals surface area contributed by atoms with Crippen molar-refractivity contribution in [3.05, 3.63) is 35.5 Å². The Morgan fingerprint density at radius 2 is 1.89 bits per heavy atom. The summed E-state index contributed by atoms with van der Waals surface area (Å²) in [5, 5.41) is 0.0627. The fraction of sp³-hybridized carbons (Fsp3) is 0.167. The molecule has 6 heteroatoms. The highest BCUT2D eigenvalue weighted by Crippen LogP contribution is 2.23. The summed E-state index contributed by atoms with van der Waals surface area (Å²) < 4.78 is 26.5. The number of amides is 1. The molecule has 1 aromatic heterocycles. The first-order chi connectivity index (χ1) is 8.41. The third-order valence-corrected chi connectivity index (χ3v) is 2.55. The van der Waals surface area contributed by atoms with E-state index in [0.29, 0.717) is 6.07 Å². The van der Waals surface area contributed by atoms with Gasteiger partial charge >= 0.3 is 0 Å². The van der Waals surface area contributed by atoms with Crippen LogP contribution in [0.3, 0.4) is 0 Å². The number of likely N-dealkylation sites (N-methyl/N-ethyl adjacent to an activating group) is 1. The molecule has 0 aliphatic heterocycles. The number of Topliss-reactive ketones (excluding diaryl/α,β-unsaturated/α-hetero) is 1. The number of ketones is 1. The van der Waals surface area contributed by atoms with Gasteiger partial charge in [0.2, 0.25) is 0 Å². The Hall–Kier alpha value is -2.24. The van der Waals surface area contributed by atoms with Gasteiger partial charge in [-0.15, -0.1) is 0 Å². The van der Waals surface area contributed by atoms with E-state index in [9.17, 15) is 18.4 Å². The van der Waals surface area contributed by atoms with Crippen molar-refractivity contribution in [3.8, 4) is 0 Å². The second-order valence-electron chi connectivity index (χ2n) is 4.04. The number of carbonyl (C=O) groups is 2. The molecule has 0 spiro atoms. The van der Waals surface area contributed by atoms with E-state index in [2.05, 4.69) is 4.98 Å². The molecule has 0 atom stereocenters. The highest BCUT2D eigenvalue weighted by molar-refractivity contribution is 6.44. The fourth-order valence-corrected chi connectivity index (χ4v) is 1.66. The van der Waals surface area contributed by atoms with Gasteiger partial charge in [0.1, 0.15) is 11.6 Å². The summed E-state index contributed by atoms with van der Waals surface area (Å²) >= 11 is 0. The number of rotatable bonds is 2. The molecule has 94 valence electrons. The maximum atomic E-state index is 13.4. The van der Waals surface area contributed by atoms with Crippen LogP contribution in [0.1, 0.15) is 10.4 Å². The number of hydrogen-bond donors (Lipinski definition) is 1. The summed E-state index contributed by atoms with van der Waals surface area (Å²) in [7, 11) is 2.85. The number of benzene rings is 1. The van der Waals surface area contributed by atoms with Crippen molar-refractivity contribution in [2.45, 2.75) is 0 Å². The number of fused-ring (bicyclic) bond motifs is 1. The predicted molar refractivity (Wildman–Crippen MR) is 61.2 cm³/mol. The van der Waals surface area contributed by atoms with Crippen LogP contribution in [0.4, 0.5) is 8.78 Å². The monoisotopic (exact) mass is 252 g/mol. The Balaban J connectivity index is 2.59. The van der Waals surface area contributed by atoms with Crippen LogP contribution in [-0.2, 0) is 4.79 Å². The normalized spacial score (nSPS) is 10.7. The summed E-state index contributed by atoms with van der Waals surface area (Å²) in [4.78, 5) is 27.0. The summed E-state index contributed by atoms with van der Waals surface area (Å²) in [5.41, 5.74) is -0.0339. The molecule has 0 saturated heterocycles. The third kappa shape index (κ3) is 1.85. The quantitative estimate of drug-likeness (QED) is 0.653. The molecular formula is C12H10F2N2O2. The molecule has 1 aromatic carbocycles. The first kappa shape index (κ1) is 12.2. The largest absolute Gasteiger partial charge is 0.358 e. The van der Waals surface area contributed by atoms with E-state index in [1.165, 1.54) is 20.3 Å². The molecule has 4 nitrogen and oxygen atoms in total. The van der Waals surface area contributed by atoms with Crippen molar-refractivity contribution in [1.29, 1.82) is 0 Å². The lowest BCUT2D eigenvalue weighted by atomic mass is 10.1. The summed E-state index contributed by atoms with van der Waals surface area (Å²) in [6.07, 6.45) is 1.21. The number of nitrogens with zero attached hydrogens (tertiary/aromatic N) is 1. The number of carbonyl (C=O) groups excluding carboxylic acids is 2. The van der Waals surface area contributed by atoms with Gasteiger partial charge in [-0.1, -0.05) is 0 Å². The molecule has 0 radical (unpaired) electrons. The molecule has 0 aliphatic rings. The first-order valence-corrected chi connectivity index (χ1v) is 5.14. The summed E-state index contributed by atoms with van der Waals surface area (Å²) in [5.74, 6) is -3.16. The van der Waals surface area contributed by atoms with Crippen LogP contribution in [0.2, 0.25) is 0 Å². The van der Waals surface area contributed by atoms with Crippen LogP contribution < -0.4 is 0 Å². The van der Waals surface area contributed by atoms with Gasteiger partial charge in [-0.3, -0.25) is 9.59 Å². The zero-order valence-electron chi connectivity index (χ0n) is 9.75. The lowest BCUT2D eigenvalue weighted by Gasteiger charge is -2.07. The summed E-state index contributed by atoms with van der Waals surface area (Å²) in [6.45, 7) is 0. The topological polar surface area (TPSA) is 53.2 Å². The average Bonchev–Trinajstić information content (AvgIpc) is 2.70. The van der Waals surface area contributed by atoms with Gasteiger partial charge < -0.3 is 9.88 Å². The van der Waals surface area contributed by atoms with Crippen molar-refractivity contribution in [2.24, 2.45) is 0 Å². The molecule has 1 N–H and O–H groups in total. The van der Waals surface area contributed by atoms with E-state index < -0.39 is 23.3 Å². The zero-order valence-corrected chi connectivity index (χ0v) is 9.75. The van der Waals surface area contributed by atoms with E-state index >= 15 is 0 Å². The third-order valence-electron chi connectivity index (χ3n) is 2.55. The summed E-state index contributed by atoms with van der Waals surface area (Å²) in [6, 6.07) is 1.73. The second kappa shape index (κ2) is 4.21. The average molecular weight is 252 g/mol. The Morgan fingerprint density at radius 1 is 1.22 bits per heavy atom. The molecule has 0 bridgehead atoms. The van der Waals surface area contributed by atoms with Crippen LogP contribution in [0.15, 0.2) is 18.3 Å². The maximum Gasteiger partial charge on any atom is 0.294 e. The van der Waals surface area contributed by atoms with E-state index in [1.54, 1.807) is 0 Å². The highest BCUT2D eigenvalue weighted by atomic mass is 19.1. The zero-order chi connectivity index (χ0) is 13.4. The fourth-order valence-electron chi connectivity index (χ4n) is 1.66. The molecule has 2 rings (SSSR count). The van der Waals surface area contributed by atoms with Gasteiger partial charge in [0, 0.05) is 31.7 Å². The van der Waals surface area contributed by atoms with Gasteiger partial charge in [-0.25, -0.2) is 8.78 Å². The number of nitrogens with one attached hydrogen (secondary N) is 1. The molecular weight excluding hydrogens is 242 g/mol. The second-order valence-corrected chi connectivity index (χ2v) is 4.04. The van der Waals surface area contributed by atoms with Crippen molar-refractivity contribution >= 4 is 22.6 Å². The molecule has 18 heavy (non-hydrogen) atoms. The molecule has 0 unspecified atom stereocenters. The van der Waals surface area contributed by atoms with Gasteiger partial charge in [0.25, 0.3) is 11.7 Å². The van der Waals surface area contributed by atoms with E-state index in [-0.39, 0.29) is 16.5 Å². The Bertz CT molecular complexity index is 647. The van der Waals surface area contributed by atoms with Crippen LogP contribution in [0.5, 0.6) is 0 Å². The minimum Gasteiger partial charge on any atom is -0.358 e. The van der Waals surface area contributed by atoms with Crippen LogP contribution in [-0.4, -0.2) is 35.7 Å². The molecule has 2 aromatic rings. The van der Waals surface area contributed by atoms with E-state index in [1.807, 2.05) is 0 Å². The number of hydrogen-bond acceptors (Lipinski definition) is 2. The van der Waals surface area contributed by atoms with Gasteiger partial charge in [0.05, 0.1) is 11.1 Å². The molecule has 0 aliphatic carbocycles. The lowest BCUT2D eigenvalue weighted by molar-refractivity contribution is -0.124. The number of halogens is 2. The minimum atomic E-state index is -0.809. The van der Waals surface area contributed by atoms with Crippen LogP contribution >= 0.6 is 0 Å². The van der Waals surface area contributed by atoms with E-state index in [4.69, 9.17) is 0 Å². The van der Waals surface area contributed by atoms with E-state index in [0.717, 1.165) is 11.0 Å². The SMILES string of the molecule is CN(C)C(=O)C(=O)c1c[nH]c2c(F)cc(F)cc12. The molecule has 1 heterocycles. The van der Waals surface area contributed by atoms with Crippen LogP contribution in [0, 0.1) is 11.6 Å². The smallest absolute Gasteiger partial charge is 0.294 e.